The topological polar surface area (TPSA) is 92.4 Å². The van der Waals surface area contributed by atoms with Crippen LogP contribution < -0.4 is 20.9 Å². The van der Waals surface area contributed by atoms with Crippen molar-refractivity contribution in [2.24, 2.45) is 0 Å². The average molecular weight is 461 g/mol. The number of aromatic nitrogens is 3. The number of hydrogen-bond donors (Lipinski definition) is 2. The predicted molar refractivity (Wildman–Crippen MR) is 123 cm³/mol. The van der Waals surface area contributed by atoms with Crippen molar-refractivity contribution in [3.05, 3.63) is 41.6 Å². The number of pyridine rings is 1. The molecular formula is C22H26F3N7O. The third-order valence-corrected chi connectivity index (χ3v) is 5.45. The highest BCUT2D eigenvalue weighted by molar-refractivity contribution is 5.91. The Balaban J connectivity index is 1.74. The Hall–Kier alpha value is -3.34. The van der Waals surface area contributed by atoms with Crippen LogP contribution in [-0.2, 0) is 10.9 Å². The SMILES string of the molecule is C[C@@H](Nc1nc(N(C)C)nc2cnc(N3CCOCC3)cc12)c1cc(N)cc(C(F)(F)F)c1. The molecule has 0 radical (unpaired) electrons. The van der Waals surface area contributed by atoms with Gasteiger partial charge in [-0.15, -0.1) is 0 Å². The zero-order valence-corrected chi connectivity index (χ0v) is 18.6. The summed E-state index contributed by atoms with van der Waals surface area (Å²) in [5, 5.41) is 3.99. The summed E-state index contributed by atoms with van der Waals surface area (Å²) >= 11 is 0. The molecule has 0 bridgehead atoms. The van der Waals surface area contributed by atoms with E-state index in [4.69, 9.17) is 10.5 Å². The van der Waals surface area contributed by atoms with E-state index in [0.29, 0.717) is 36.1 Å². The van der Waals surface area contributed by atoms with Gasteiger partial charge in [-0.1, -0.05) is 0 Å². The predicted octanol–water partition coefficient (Wildman–Crippen LogP) is 3.70. The highest BCUT2D eigenvalue weighted by atomic mass is 19.4. The Morgan fingerprint density at radius 3 is 2.52 bits per heavy atom. The normalized spacial score (nSPS) is 15.5. The van der Waals surface area contributed by atoms with Gasteiger partial charge in [0, 0.05) is 38.3 Å². The second-order valence-electron chi connectivity index (χ2n) is 8.18. The van der Waals surface area contributed by atoms with Crippen LogP contribution in [-0.4, -0.2) is 55.4 Å². The van der Waals surface area contributed by atoms with Crippen LogP contribution in [0.25, 0.3) is 10.9 Å². The molecule has 11 heteroatoms. The van der Waals surface area contributed by atoms with Crippen LogP contribution in [0.3, 0.4) is 0 Å². The van der Waals surface area contributed by atoms with E-state index in [1.807, 2.05) is 20.2 Å². The fourth-order valence-corrected chi connectivity index (χ4v) is 3.66. The van der Waals surface area contributed by atoms with Gasteiger partial charge in [-0.2, -0.15) is 18.2 Å². The number of fused-ring (bicyclic) bond motifs is 1. The fourth-order valence-electron chi connectivity index (χ4n) is 3.66. The molecule has 0 spiro atoms. The summed E-state index contributed by atoms with van der Waals surface area (Å²) in [6.07, 6.45) is -2.80. The number of anilines is 4. The van der Waals surface area contributed by atoms with E-state index in [1.165, 1.54) is 6.07 Å². The Morgan fingerprint density at radius 1 is 1.12 bits per heavy atom. The van der Waals surface area contributed by atoms with E-state index in [9.17, 15) is 13.2 Å². The highest BCUT2D eigenvalue weighted by Gasteiger charge is 2.31. The monoisotopic (exact) mass is 461 g/mol. The summed E-state index contributed by atoms with van der Waals surface area (Å²) in [6.45, 7) is 4.45. The van der Waals surface area contributed by atoms with Gasteiger partial charge in [0.1, 0.15) is 11.6 Å². The maximum atomic E-state index is 13.3. The van der Waals surface area contributed by atoms with Crippen LogP contribution in [0, 0.1) is 0 Å². The summed E-state index contributed by atoms with van der Waals surface area (Å²) in [4.78, 5) is 17.6. The van der Waals surface area contributed by atoms with Gasteiger partial charge in [0.25, 0.3) is 0 Å². The molecule has 2 aromatic heterocycles. The van der Waals surface area contributed by atoms with E-state index in [1.54, 1.807) is 18.0 Å². The number of nitrogens with one attached hydrogen (secondary N) is 1. The summed E-state index contributed by atoms with van der Waals surface area (Å²) in [7, 11) is 3.63. The van der Waals surface area contributed by atoms with Crippen molar-refractivity contribution in [1.82, 2.24) is 15.0 Å². The Bertz CT molecular complexity index is 1150. The number of alkyl halides is 3. The van der Waals surface area contributed by atoms with Crippen molar-refractivity contribution in [3.8, 4) is 0 Å². The first-order valence-electron chi connectivity index (χ1n) is 10.5. The summed E-state index contributed by atoms with van der Waals surface area (Å²) in [6, 6.07) is 4.97. The molecule has 33 heavy (non-hydrogen) atoms. The molecule has 0 unspecified atom stereocenters. The number of nitrogen functional groups attached to an aromatic ring is 1. The number of hydrogen-bond acceptors (Lipinski definition) is 8. The van der Waals surface area contributed by atoms with Crippen molar-refractivity contribution in [3.63, 3.8) is 0 Å². The molecular weight excluding hydrogens is 435 g/mol. The lowest BCUT2D eigenvalue weighted by molar-refractivity contribution is -0.137. The van der Waals surface area contributed by atoms with Crippen molar-refractivity contribution in [1.29, 1.82) is 0 Å². The van der Waals surface area contributed by atoms with Gasteiger partial charge in [0.05, 0.1) is 36.5 Å². The average Bonchev–Trinajstić information content (AvgIpc) is 2.78. The quantitative estimate of drug-likeness (QED) is 0.556. The molecule has 4 rings (SSSR count). The van der Waals surface area contributed by atoms with Crippen molar-refractivity contribution in [2.45, 2.75) is 19.1 Å². The third kappa shape index (κ3) is 5.03. The van der Waals surface area contributed by atoms with Crippen LogP contribution in [0.4, 0.5) is 36.4 Å². The minimum absolute atomic E-state index is 0.0498. The van der Waals surface area contributed by atoms with Gasteiger partial charge in [-0.25, -0.2) is 9.97 Å². The highest BCUT2D eigenvalue weighted by Crippen LogP contribution is 2.34. The van der Waals surface area contributed by atoms with Crippen molar-refractivity contribution >= 4 is 34.2 Å². The Labute approximate surface area is 189 Å². The number of nitrogens with two attached hydrogens (primary N) is 1. The molecule has 8 nitrogen and oxygen atoms in total. The van der Waals surface area contributed by atoms with E-state index in [-0.39, 0.29) is 5.69 Å². The molecule has 1 aromatic carbocycles. The van der Waals surface area contributed by atoms with Gasteiger partial charge in [-0.05, 0) is 36.8 Å². The van der Waals surface area contributed by atoms with E-state index < -0.39 is 17.8 Å². The molecule has 0 aliphatic carbocycles. The Morgan fingerprint density at radius 2 is 1.85 bits per heavy atom. The maximum absolute atomic E-state index is 13.3. The van der Waals surface area contributed by atoms with Crippen molar-refractivity contribution in [2.75, 3.05) is 61.2 Å². The van der Waals surface area contributed by atoms with Crippen LogP contribution in [0.1, 0.15) is 24.1 Å². The summed E-state index contributed by atoms with van der Waals surface area (Å²) < 4.78 is 45.3. The minimum Gasteiger partial charge on any atom is -0.399 e. The molecule has 1 atom stereocenters. The zero-order valence-electron chi connectivity index (χ0n) is 18.6. The first-order chi connectivity index (χ1) is 15.6. The second-order valence-corrected chi connectivity index (χ2v) is 8.18. The number of nitrogens with zero attached hydrogens (tertiary/aromatic N) is 5. The maximum Gasteiger partial charge on any atom is 0.416 e. The van der Waals surface area contributed by atoms with Crippen molar-refractivity contribution < 1.29 is 17.9 Å². The van der Waals surface area contributed by atoms with Crippen LogP contribution >= 0.6 is 0 Å². The second kappa shape index (κ2) is 8.89. The molecule has 3 aromatic rings. The molecule has 1 aliphatic heterocycles. The van der Waals surface area contributed by atoms with Crippen LogP contribution in [0.2, 0.25) is 0 Å². The van der Waals surface area contributed by atoms with Gasteiger partial charge in [-0.3, -0.25) is 0 Å². The standard InChI is InChI=1S/C22H26F3N7O/c1-13(14-8-15(22(23,24)25)10-16(26)9-14)28-20-17-11-19(32-4-6-33-7-5-32)27-12-18(17)29-21(30-20)31(2)3/h8-13H,4-7,26H2,1-3H3,(H,28,29,30)/t13-/m1/s1. The molecule has 1 aliphatic rings. The molecule has 0 amide bonds. The molecule has 0 saturated carbocycles. The largest absolute Gasteiger partial charge is 0.416 e. The molecule has 1 saturated heterocycles. The third-order valence-electron chi connectivity index (χ3n) is 5.45. The fraction of sp³-hybridized carbons (Fsp3) is 0.409. The molecule has 176 valence electrons. The first-order valence-corrected chi connectivity index (χ1v) is 10.5. The zero-order chi connectivity index (χ0) is 23.8. The molecule has 1 fully saturated rings. The lowest BCUT2D eigenvalue weighted by atomic mass is 10.0. The Kier molecular flexibility index (Phi) is 6.15. The summed E-state index contributed by atoms with van der Waals surface area (Å²) in [5.74, 6) is 1.73. The lowest BCUT2D eigenvalue weighted by Crippen LogP contribution is -2.36. The summed E-state index contributed by atoms with van der Waals surface area (Å²) in [5.41, 5.74) is 6.06. The number of halogens is 3. The van der Waals surface area contributed by atoms with Crippen LogP contribution in [0.15, 0.2) is 30.5 Å². The van der Waals surface area contributed by atoms with Gasteiger partial charge >= 0.3 is 6.18 Å². The molecule has 3 N–H and O–H groups in total. The number of morpholine rings is 1. The lowest BCUT2D eigenvalue weighted by Gasteiger charge is -2.28. The number of rotatable bonds is 5. The van der Waals surface area contributed by atoms with Gasteiger partial charge in [0.15, 0.2) is 0 Å². The van der Waals surface area contributed by atoms with Gasteiger partial charge in [0.2, 0.25) is 5.95 Å². The van der Waals surface area contributed by atoms with Gasteiger partial charge < -0.3 is 25.6 Å². The first kappa shape index (κ1) is 22.8. The number of benzene rings is 1. The van der Waals surface area contributed by atoms with E-state index >= 15 is 0 Å². The molecule has 3 heterocycles. The van der Waals surface area contributed by atoms with E-state index in [2.05, 4.69) is 25.2 Å². The van der Waals surface area contributed by atoms with Crippen LogP contribution in [0.5, 0.6) is 0 Å². The number of ether oxygens (including phenoxy) is 1. The van der Waals surface area contributed by atoms with E-state index in [0.717, 1.165) is 36.4 Å². The smallest absolute Gasteiger partial charge is 0.399 e. The minimum atomic E-state index is -4.48.